The molecule has 0 aromatic carbocycles. The second-order valence-corrected chi connectivity index (χ2v) is 3.11. The summed E-state index contributed by atoms with van der Waals surface area (Å²) in [5, 5.41) is 0. The summed E-state index contributed by atoms with van der Waals surface area (Å²) in [6, 6.07) is 0. The van der Waals surface area contributed by atoms with Crippen molar-refractivity contribution in [3.8, 4) is 0 Å². The topological polar surface area (TPSA) is 0 Å². The first-order valence-electron chi connectivity index (χ1n) is 4.75. The molecule has 0 amide bonds. The zero-order valence-corrected chi connectivity index (χ0v) is 9.07. The number of hydrogen-bond donors (Lipinski definition) is 0. The highest BCUT2D eigenvalue weighted by molar-refractivity contribution is 4.96. The van der Waals surface area contributed by atoms with E-state index in [1.165, 1.54) is 12.0 Å². The normalized spacial score (nSPS) is 11.9. The van der Waals surface area contributed by atoms with Gasteiger partial charge < -0.3 is 0 Å². The minimum Gasteiger partial charge on any atom is -0.0999 e. The Hall–Kier alpha value is -0.260. The molecule has 0 saturated carbocycles. The van der Waals surface area contributed by atoms with Crippen LogP contribution >= 0.6 is 0 Å². The van der Waals surface area contributed by atoms with E-state index in [-0.39, 0.29) is 0 Å². The van der Waals surface area contributed by atoms with Crippen LogP contribution in [0.4, 0.5) is 0 Å². The summed E-state index contributed by atoms with van der Waals surface area (Å²) in [6.07, 6.45) is 1.23. The molecule has 68 valence electrons. The Morgan fingerprint density at radius 2 is 1.64 bits per heavy atom. The molecule has 1 unspecified atom stereocenters. The van der Waals surface area contributed by atoms with Crippen LogP contribution in [0.5, 0.6) is 0 Å². The van der Waals surface area contributed by atoms with Gasteiger partial charge in [0, 0.05) is 0 Å². The van der Waals surface area contributed by atoms with Crippen LogP contribution in [-0.2, 0) is 0 Å². The van der Waals surface area contributed by atoms with Crippen molar-refractivity contribution in [1.29, 1.82) is 0 Å². The van der Waals surface area contributed by atoms with Gasteiger partial charge in [-0.15, -0.1) is 0 Å². The van der Waals surface area contributed by atoms with Crippen molar-refractivity contribution in [2.75, 3.05) is 0 Å². The van der Waals surface area contributed by atoms with Gasteiger partial charge in [-0.2, -0.15) is 0 Å². The van der Waals surface area contributed by atoms with Crippen molar-refractivity contribution in [2.45, 2.75) is 48.0 Å². The van der Waals surface area contributed by atoms with Crippen LogP contribution in [-0.4, -0.2) is 0 Å². The Labute approximate surface area is 72.7 Å². The largest absolute Gasteiger partial charge is 0.0999 e. The maximum Gasteiger partial charge on any atom is -0.0188 e. The molecule has 0 aliphatic rings. The number of rotatable bonds is 3. The van der Waals surface area contributed by atoms with Gasteiger partial charge in [0.05, 0.1) is 0 Å². The van der Waals surface area contributed by atoms with Crippen molar-refractivity contribution in [1.82, 2.24) is 0 Å². The van der Waals surface area contributed by atoms with Crippen LogP contribution in [0.3, 0.4) is 0 Å². The van der Waals surface area contributed by atoms with Crippen molar-refractivity contribution in [3.63, 3.8) is 0 Å². The first-order valence-corrected chi connectivity index (χ1v) is 4.75. The van der Waals surface area contributed by atoms with Gasteiger partial charge in [-0.05, 0) is 25.2 Å². The highest BCUT2D eigenvalue weighted by Gasteiger charge is 2.09. The number of hydrogen-bond acceptors (Lipinski definition) is 0. The lowest BCUT2D eigenvalue weighted by molar-refractivity contribution is 0.432. The van der Waals surface area contributed by atoms with Crippen LogP contribution in [0.2, 0.25) is 0 Å². The summed E-state index contributed by atoms with van der Waals surface area (Å²) in [6.45, 7) is 16.8. The van der Waals surface area contributed by atoms with E-state index in [1.807, 2.05) is 13.8 Å². The van der Waals surface area contributed by atoms with Gasteiger partial charge in [-0.3, -0.25) is 0 Å². The molecule has 0 rings (SSSR count). The van der Waals surface area contributed by atoms with E-state index >= 15 is 0 Å². The summed E-state index contributed by atoms with van der Waals surface area (Å²) >= 11 is 0. The molecule has 0 aliphatic carbocycles. The van der Waals surface area contributed by atoms with Crippen LogP contribution < -0.4 is 0 Å². The molecule has 0 aromatic heterocycles. The maximum atomic E-state index is 3.95. The monoisotopic (exact) mass is 156 g/mol. The first-order chi connectivity index (χ1) is 5.09. The van der Waals surface area contributed by atoms with E-state index in [1.54, 1.807) is 0 Å². The fraction of sp³-hybridized carbons (Fsp3) is 0.818. The molecule has 1 atom stereocenters. The molecule has 0 bridgehead atoms. The third-order valence-electron chi connectivity index (χ3n) is 1.88. The molecular weight excluding hydrogens is 132 g/mol. The van der Waals surface area contributed by atoms with Gasteiger partial charge in [-0.1, -0.05) is 46.8 Å². The SMILES string of the molecule is C=C(C)C(CC)C(C)C.CC. The van der Waals surface area contributed by atoms with Crippen LogP contribution in [0.1, 0.15) is 48.0 Å². The molecule has 0 heterocycles. The van der Waals surface area contributed by atoms with E-state index in [4.69, 9.17) is 0 Å². The van der Waals surface area contributed by atoms with Gasteiger partial charge in [0.1, 0.15) is 0 Å². The predicted octanol–water partition coefficient (Wildman–Crippen LogP) is 4.27. The Bertz CT molecular complexity index is 90.2. The molecule has 0 saturated heterocycles. The highest BCUT2D eigenvalue weighted by atomic mass is 14.1. The molecule has 0 fully saturated rings. The summed E-state index contributed by atoms with van der Waals surface area (Å²) in [5.41, 5.74) is 1.33. The van der Waals surface area contributed by atoms with E-state index in [0.29, 0.717) is 0 Å². The van der Waals surface area contributed by atoms with Crippen molar-refractivity contribution >= 4 is 0 Å². The average molecular weight is 156 g/mol. The molecule has 0 radical (unpaired) electrons. The lowest BCUT2D eigenvalue weighted by Crippen LogP contribution is -2.07. The first kappa shape index (κ1) is 13.3. The fourth-order valence-electron chi connectivity index (χ4n) is 1.39. The Kier molecular flexibility index (Phi) is 9.51. The standard InChI is InChI=1S/C9H18.C2H6/c1-6-9(7(2)3)8(4)5;1-2/h8-9H,2,6H2,1,3-5H3;1-2H3. The van der Waals surface area contributed by atoms with Gasteiger partial charge in [0.25, 0.3) is 0 Å². The van der Waals surface area contributed by atoms with Crippen LogP contribution in [0.15, 0.2) is 12.2 Å². The van der Waals surface area contributed by atoms with E-state index < -0.39 is 0 Å². The zero-order chi connectivity index (χ0) is 9.44. The Balaban J connectivity index is 0. The maximum absolute atomic E-state index is 3.95. The predicted molar refractivity (Wildman–Crippen MR) is 54.8 cm³/mol. The number of allylic oxidation sites excluding steroid dienone is 1. The lowest BCUT2D eigenvalue weighted by atomic mass is 9.88. The van der Waals surface area contributed by atoms with Crippen LogP contribution in [0, 0.1) is 11.8 Å². The van der Waals surface area contributed by atoms with Crippen molar-refractivity contribution in [3.05, 3.63) is 12.2 Å². The third-order valence-corrected chi connectivity index (χ3v) is 1.88. The quantitative estimate of drug-likeness (QED) is 0.535. The van der Waals surface area contributed by atoms with E-state index in [2.05, 4.69) is 34.3 Å². The molecule has 0 N–H and O–H groups in total. The smallest absolute Gasteiger partial charge is 0.0188 e. The highest BCUT2D eigenvalue weighted by Crippen LogP contribution is 2.21. The molecular formula is C11H24. The lowest BCUT2D eigenvalue weighted by Gasteiger charge is -2.18. The second kappa shape index (κ2) is 7.84. The van der Waals surface area contributed by atoms with Crippen LogP contribution in [0.25, 0.3) is 0 Å². The summed E-state index contributed by atoms with van der Waals surface area (Å²) < 4.78 is 0. The third kappa shape index (κ3) is 6.15. The van der Waals surface area contributed by atoms with E-state index in [9.17, 15) is 0 Å². The fourth-order valence-corrected chi connectivity index (χ4v) is 1.39. The molecule has 11 heavy (non-hydrogen) atoms. The Morgan fingerprint density at radius 1 is 1.27 bits per heavy atom. The average Bonchev–Trinajstić information content (AvgIpc) is 1.91. The van der Waals surface area contributed by atoms with Crippen molar-refractivity contribution in [2.24, 2.45) is 11.8 Å². The molecule has 0 aliphatic heterocycles. The van der Waals surface area contributed by atoms with Gasteiger partial charge in [0.15, 0.2) is 0 Å². The van der Waals surface area contributed by atoms with Crippen molar-refractivity contribution < 1.29 is 0 Å². The summed E-state index contributed by atoms with van der Waals surface area (Å²) in [7, 11) is 0. The van der Waals surface area contributed by atoms with Gasteiger partial charge >= 0.3 is 0 Å². The summed E-state index contributed by atoms with van der Waals surface area (Å²) in [4.78, 5) is 0. The Morgan fingerprint density at radius 3 is 1.64 bits per heavy atom. The molecule has 0 heteroatoms. The minimum atomic E-state index is 0.727. The minimum absolute atomic E-state index is 0.727. The molecule has 0 aromatic rings. The van der Waals surface area contributed by atoms with E-state index in [0.717, 1.165) is 11.8 Å². The zero-order valence-electron chi connectivity index (χ0n) is 9.07. The summed E-state index contributed by atoms with van der Waals surface area (Å²) in [5.74, 6) is 1.48. The molecule has 0 nitrogen and oxygen atoms in total. The second-order valence-electron chi connectivity index (χ2n) is 3.11. The molecule has 0 spiro atoms. The van der Waals surface area contributed by atoms with Gasteiger partial charge in [0.2, 0.25) is 0 Å². The van der Waals surface area contributed by atoms with Gasteiger partial charge in [-0.25, -0.2) is 0 Å².